The molecule has 132 valence electrons. The second-order valence-corrected chi connectivity index (χ2v) is 5.51. The van der Waals surface area contributed by atoms with E-state index in [2.05, 4.69) is 10.2 Å². The van der Waals surface area contributed by atoms with Crippen LogP contribution >= 0.6 is 0 Å². The lowest BCUT2D eigenvalue weighted by Gasteiger charge is -2.26. The standard InChI is InChI=1S/C16H21F2N3O3/c1-12(22)21(13-2-3-14(17)15(18)10-13)11-16(23)19-4-5-20-6-8-24-9-7-20/h2-3,10H,4-9,11H2,1H3,(H,19,23). The molecule has 2 amide bonds. The summed E-state index contributed by atoms with van der Waals surface area (Å²) in [7, 11) is 0. The Hall–Kier alpha value is -2.06. The summed E-state index contributed by atoms with van der Waals surface area (Å²) >= 11 is 0. The Morgan fingerprint density at radius 3 is 2.58 bits per heavy atom. The number of nitrogens with zero attached hydrogens (tertiary/aromatic N) is 2. The van der Waals surface area contributed by atoms with Crippen molar-refractivity contribution in [3.05, 3.63) is 29.8 Å². The molecule has 0 spiro atoms. The Balaban J connectivity index is 1.86. The quantitative estimate of drug-likeness (QED) is 0.830. The summed E-state index contributed by atoms with van der Waals surface area (Å²) in [5.41, 5.74) is 0.143. The molecule has 1 aliphatic rings. The first kappa shape index (κ1) is 18.3. The molecule has 0 bridgehead atoms. The van der Waals surface area contributed by atoms with E-state index in [1.807, 2.05) is 0 Å². The van der Waals surface area contributed by atoms with Crippen molar-refractivity contribution >= 4 is 17.5 Å². The second kappa shape index (κ2) is 8.70. The summed E-state index contributed by atoms with van der Waals surface area (Å²) < 4.78 is 31.6. The number of hydrogen-bond donors (Lipinski definition) is 1. The zero-order valence-electron chi connectivity index (χ0n) is 13.6. The van der Waals surface area contributed by atoms with Crippen molar-refractivity contribution in [3.8, 4) is 0 Å². The summed E-state index contributed by atoms with van der Waals surface area (Å²) in [6, 6.07) is 3.09. The van der Waals surface area contributed by atoms with Crippen LogP contribution in [0.25, 0.3) is 0 Å². The third-order valence-corrected chi connectivity index (χ3v) is 3.75. The summed E-state index contributed by atoms with van der Waals surface area (Å²) in [6.45, 7) is 5.17. The number of rotatable bonds is 6. The number of carbonyl (C=O) groups excluding carboxylic acids is 2. The Kier molecular flexibility index (Phi) is 6.62. The number of morpholine rings is 1. The van der Waals surface area contributed by atoms with Gasteiger partial charge in [0.2, 0.25) is 11.8 Å². The molecule has 0 aliphatic carbocycles. The maximum atomic E-state index is 13.3. The van der Waals surface area contributed by atoms with Gasteiger partial charge in [-0.1, -0.05) is 0 Å². The van der Waals surface area contributed by atoms with Crippen molar-refractivity contribution in [1.29, 1.82) is 0 Å². The molecule has 6 nitrogen and oxygen atoms in total. The average molecular weight is 341 g/mol. The number of amides is 2. The molecule has 1 aliphatic heterocycles. The summed E-state index contributed by atoms with van der Waals surface area (Å²) in [5.74, 6) is -2.85. The van der Waals surface area contributed by atoms with Crippen LogP contribution in [0.15, 0.2) is 18.2 Å². The van der Waals surface area contributed by atoms with Crippen molar-refractivity contribution < 1.29 is 23.1 Å². The number of carbonyl (C=O) groups is 2. The molecule has 1 aromatic carbocycles. The molecule has 0 aromatic heterocycles. The van der Waals surface area contributed by atoms with Gasteiger partial charge in [-0.15, -0.1) is 0 Å². The van der Waals surface area contributed by atoms with Crippen LogP contribution in [-0.2, 0) is 14.3 Å². The molecule has 1 aromatic rings. The molecule has 0 atom stereocenters. The van der Waals surface area contributed by atoms with Gasteiger partial charge in [-0.2, -0.15) is 0 Å². The Morgan fingerprint density at radius 2 is 1.96 bits per heavy atom. The topological polar surface area (TPSA) is 61.9 Å². The number of hydrogen-bond acceptors (Lipinski definition) is 4. The van der Waals surface area contributed by atoms with Crippen LogP contribution in [0.3, 0.4) is 0 Å². The van der Waals surface area contributed by atoms with Gasteiger partial charge < -0.3 is 15.0 Å². The maximum Gasteiger partial charge on any atom is 0.240 e. The number of halogens is 2. The van der Waals surface area contributed by atoms with E-state index < -0.39 is 17.5 Å². The third kappa shape index (κ3) is 5.24. The predicted molar refractivity (Wildman–Crippen MR) is 84.7 cm³/mol. The second-order valence-electron chi connectivity index (χ2n) is 5.51. The van der Waals surface area contributed by atoms with Gasteiger partial charge in [-0.3, -0.25) is 14.5 Å². The molecule has 8 heteroatoms. The SMILES string of the molecule is CC(=O)N(CC(=O)NCCN1CCOCC1)c1ccc(F)c(F)c1. The number of benzene rings is 1. The Morgan fingerprint density at radius 1 is 1.25 bits per heavy atom. The molecular weight excluding hydrogens is 320 g/mol. The van der Waals surface area contributed by atoms with Crippen LogP contribution in [0, 0.1) is 11.6 Å². The average Bonchev–Trinajstić information content (AvgIpc) is 2.56. The van der Waals surface area contributed by atoms with Gasteiger partial charge in [0, 0.05) is 44.9 Å². The third-order valence-electron chi connectivity index (χ3n) is 3.75. The minimum atomic E-state index is -1.06. The molecule has 1 fully saturated rings. The van der Waals surface area contributed by atoms with Crippen LogP contribution in [-0.4, -0.2) is 62.7 Å². The van der Waals surface area contributed by atoms with Crippen molar-refractivity contribution in [3.63, 3.8) is 0 Å². The van der Waals surface area contributed by atoms with Crippen molar-refractivity contribution in [2.45, 2.75) is 6.92 Å². The number of nitrogens with one attached hydrogen (secondary N) is 1. The van der Waals surface area contributed by atoms with Gasteiger partial charge in [-0.25, -0.2) is 8.78 Å². The number of anilines is 1. The Bertz CT molecular complexity index is 592. The van der Waals surface area contributed by atoms with Gasteiger partial charge in [0.25, 0.3) is 0 Å². The monoisotopic (exact) mass is 341 g/mol. The zero-order valence-corrected chi connectivity index (χ0v) is 13.6. The van der Waals surface area contributed by atoms with E-state index in [0.717, 1.165) is 30.1 Å². The molecule has 0 saturated carbocycles. The smallest absolute Gasteiger partial charge is 0.240 e. The minimum Gasteiger partial charge on any atom is -0.379 e. The lowest BCUT2D eigenvalue weighted by atomic mass is 10.2. The number of ether oxygens (including phenoxy) is 1. The highest BCUT2D eigenvalue weighted by Crippen LogP contribution is 2.18. The molecule has 0 unspecified atom stereocenters. The van der Waals surface area contributed by atoms with Crippen LogP contribution in [0.1, 0.15) is 6.92 Å². The fourth-order valence-electron chi connectivity index (χ4n) is 2.42. The largest absolute Gasteiger partial charge is 0.379 e. The van der Waals surface area contributed by atoms with Gasteiger partial charge in [-0.05, 0) is 12.1 Å². The minimum absolute atomic E-state index is 0.143. The molecule has 1 N–H and O–H groups in total. The van der Waals surface area contributed by atoms with Crippen molar-refractivity contribution in [2.24, 2.45) is 0 Å². The van der Waals surface area contributed by atoms with Gasteiger partial charge in [0.15, 0.2) is 11.6 Å². The molecule has 1 saturated heterocycles. The molecule has 1 heterocycles. The van der Waals surface area contributed by atoms with E-state index in [1.54, 1.807) is 0 Å². The van der Waals surface area contributed by atoms with Crippen LogP contribution in [0.4, 0.5) is 14.5 Å². The van der Waals surface area contributed by atoms with Crippen LogP contribution < -0.4 is 10.2 Å². The highest BCUT2D eigenvalue weighted by molar-refractivity contribution is 5.97. The van der Waals surface area contributed by atoms with E-state index in [1.165, 1.54) is 13.0 Å². The first-order chi connectivity index (χ1) is 11.5. The fourth-order valence-corrected chi connectivity index (χ4v) is 2.42. The van der Waals surface area contributed by atoms with E-state index in [0.29, 0.717) is 26.3 Å². The summed E-state index contributed by atoms with van der Waals surface area (Å²) in [4.78, 5) is 27.0. The normalized spacial score (nSPS) is 15.1. The van der Waals surface area contributed by atoms with Gasteiger partial charge >= 0.3 is 0 Å². The van der Waals surface area contributed by atoms with Crippen LogP contribution in [0.5, 0.6) is 0 Å². The zero-order chi connectivity index (χ0) is 17.5. The summed E-state index contributed by atoms with van der Waals surface area (Å²) in [5, 5.41) is 2.73. The van der Waals surface area contributed by atoms with E-state index >= 15 is 0 Å². The first-order valence-electron chi connectivity index (χ1n) is 7.77. The lowest BCUT2D eigenvalue weighted by molar-refractivity contribution is -0.123. The van der Waals surface area contributed by atoms with E-state index in [9.17, 15) is 18.4 Å². The highest BCUT2D eigenvalue weighted by Gasteiger charge is 2.17. The summed E-state index contributed by atoms with van der Waals surface area (Å²) in [6.07, 6.45) is 0. The maximum absolute atomic E-state index is 13.3. The Labute approximate surface area is 139 Å². The highest BCUT2D eigenvalue weighted by atomic mass is 19.2. The molecular formula is C16H21F2N3O3. The van der Waals surface area contributed by atoms with E-state index in [4.69, 9.17) is 4.74 Å². The van der Waals surface area contributed by atoms with Crippen molar-refractivity contribution in [1.82, 2.24) is 10.2 Å². The lowest BCUT2D eigenvalue weighted by Crippen LogP contribution is -2.44. The predicted octanol–water partition coefficient (Wildman–Crippen LogP) is 0.766. The van der Waals surface area contributed by atoms with Gasteiger partial charge in [0.05, 0.1) is 13.2 Å². The fraction of sp³-hybridized carbons (Fsp3) is 0.500. The first-order valence-corrected chi connectivity index (χ1v) is 7.77. The van der Waals surface area contributed by atoms with E-state index in [-0.39, 0.29) is 18.1 Å². The van der Waals surface area contributed by atoms with Crippen molar-refractivity contribution in [2.75, 3.05) is 50.8 Å². The van der Waals surface area contributed by atoms with Gasteiger partial charge in [0.1, 0.15) is 6.54 Å². The molecule has 2 rings (SSSR count). The molecule has 24 heavy (non-hydrogen) atoms. The molecule has 0 radical (unpaired) electrons. The van der Waals surface area contributed by atoms with Crippen LogP contribution in [0.2, 0.25) is 0 Å².